The predicted molar refractivity (Wildman–Crippen MR) is 118 cm³/mol. The maximum absolute atomic E-state index is 13.0. The summed E-state index contributed by atoms with van der Waals surface area (Å²) >= 11 is 0. The lowest BCUT2D eigenvalue weighted by molar-refractivity contribution is -0.132. The number of rotatable bonds is 8. The normalized spacial score (nSPS) is 11.3. The van der Waals surface area contributed by atoms with Crippen molar-refractivity contribution in [1.29, 1.82) is 0 Å². The van der Waals surface area contributed by atoms with E-state index in [1.54, 1.807) is 41.6 Å². The number of pyridine rings is 1. The van der Waals surface area contributed by atoms with E-state index in [-0.39, 0.29) is 23.0 Å². The number of aryl methyl sites for hydroxylation is 2. The highest BCUT2D eigenvalue weighted by atomic mass is 32.2. The molecule has 0 aliphatic rings. The Morgan fingerprint density at radius 2 is 1.67 bits per heavy atom. The molecule has 0 saturated carbocycles. The van der Waals surface area contributed by atoms with Gasteiger partial charge in [-0.2, -0.15) is 0 Å². The molecule has 0 bridgehead atoms. The minimum atomic E-state index is -3.52. The summed E-state index contributed by atoms with van der Waals surface area (Å²) in [7, 11) is -3.52. The first-order valence-electron chi connectivity index (χ1n) is 9.86. The monoisotopic (exact) mass is 422 g/mol. The Hall–Kier alpha value is -2.99. The fraction of sp³-hybridized carbons (Fsp3) is 0.250. The fourth-order valence-electron chi connectivity index (χ4n) is 3.18. The van der Waals surface area contributed by atoms with Gasteiger partial charge >= 0.3 is 0 Å². The van der Waals surface area contributed by atoms with Crippen molar-refractivity contribution < 1.29 is 13.2 Å². The first kappa shape index (κ1) is 21.7. The molecule has 156 valence electrons. The molecule has 0 unspecified atom stereocenters. The van der Waals surface area contributed by atoms with Crippen molar-refractivity contribution in [2.24, 2.45) is 0 Å². The van der Waals surface area contributed by atoms with Crippen LogP contribution < -0.4 is 0 Å². The lowest BCUT2D eigenvalue weighted by Crippen LogP contribution is -2.31. The number of amides is 1. The van der Waals surface area contributed by atoms with Crippen LogP contribution in [-0.2, 0) is 27.7 Å². The van der Waals surface area contributed by atoms with Crippen LogP contribution in [0.5, 0.6) is 0 Å². The highest BCUT2D eigenvalue weighted by Crippen LogP contribution is 2.17. The van der Waals surface area contributed by atoms with E-state index in [9.17, 15) is 13.2 Å². The third-order valence-electron chi connectivity index (χ3n) is 5.04. The minimum Gasteiger partial charge on any atom is -0.334 e. The van der Waals surface area contributed by atoms with Crippen molar-refractivity contribution in [2.75, 3.05) is 5.75 Å². The molecule has 1 heterocycles. The standard InChI is InChI=1S/C24H26N2O3S/c1-19-9-11-23(12-10-19)30(28,29)15-13-24(27)26(17-21-7-5-14-25-16-21)18-22-8-4-3-6-20(22)2/h3-12,14,16H,13,15,17-18H2,1-2H3. The zero-order valence-corrected chi connectivity index (χ0v) is 18.1. The number of aromatic nitrogens is 1. The van der Waals surface area contributed by atoms with Gasteiger partial charge in [-0.25, -0.2) is 8.42 Å². The van der Waals surface area contributed by atoms with Crippen LogP contribution in [0.1, 0.15) is 28.7 Å². The van der Waals surface area contributed by atoms with Gasteiger partial charge in [0, 0.05) is 31.9 Å². The predicted octanol–water partition coefficient (Wildman–Crippen LogP) is 4.09. The third kappa shape index (κ3) is 5.76. The van der Waals surface area contributed by atoms with E-state index in [2.05, 4.69) is 4.98 Å². The van der Waals surface area contributed by atoms with Crippen LogP contribution >= 0.6 is 0 Å². The quantitative estimate of drug-likeness (QED) is 0.548. The van der Waals surface area contributed by atoms with E-state index < -0.39 is 9.84 Å². The molecular formula is C24H26N2O3S. The summed E-state index contributed by atoms with van der Waals surface area (Å²) in [6, 6.07) is 18.3. The second kappa shape index (κ2) is 9.67. The van der Waals surface area contributed by atoms with Gasteiger partial charge in [0.1, 0.15) is 0 Å². The molecule has 1 amide bonds. The molecule has 0 atom stereocenters. The molecular weight excluding hydrogens is 396 g/mol. The Morgan fingerprint density at radius 1 is 0.933 bits per heavy atom. The van der Waals surface area contributed by atoms with Gasteiger partial charge in [0.05, 0.1) is 10.6 Å². The average molecular weight is 423 g/mol. The molecule has 1 aromatic heterocycles. The second-order valence-corrected chi connectivity index (χ2v) is 9.53. The number of carbonyl (C=O) groups excluding carboxylic acids is 1. The number of hydrogen-bond acceptors (Lipinski definition) is 4. The molecule has 0 spiro atoms. The molecule has 0 aliphatic carbocycles. The summed E-state index contributed by atoms with van der Waals surface area (Å²) in [5.74, 6) is -0.413. The topological polar surface area (TPSA) is 67.3 Å². The van der Waals surface area contributed by atoms with E-state index in [4.69, 9.17) is 0 Å². The van der Waals surface area contributed by atoms with Gasteiger partial charge in [-0.1, -0.05) is 48.0 Å². The largest absolute Gasteiger partial charge is 0.334 e. The van der Waals surface area contributed by atoms with Crippen LogP contribution in [0, 0.1) is 13.8 Å². The lowest BCUT2D eigenvalue weighted by atomic mass is 10.1. The van der Waals surface area contributed by atoms with Gasteiger partial charge in [0.25, 0.3) is 0 Å². The number of nitrogens with zero attached hydrogens (tertiary/aromatic N) is 2. The smallest absolute Gasteiger partial charge is 0.224 e. The maximum Gasteiger partial charge on any atom is 0.224 e. The Kier molecular flexibility index (Phi) is 7.00. The molecule has 0 N–H and O–H groups in total. The SMILES string of the molecule is Cc1ccc(S(=O)(=O)CCC(=O)N(Cc2cccnc2)Cc2ccccc2C)cc1. The second-order valence-electron chi connectivity index (χ2n) is 7.42. The van der Waals surface area contributed by atoms with E-state index in [1.807, 2.05) is 50.2 Å². The van der Waals surface area contributed by atoms with Crippen molar-refractivity contribution in [3.63, 3.8) is 0 Å². The molecule has 2 aromatic carbocycles. The van der Waals surface area contributed by atoms with Crippen LogP contribution in [-0.4, -0.2) is 30.0 Å². The summed E-state index contributed by atoms with van der Waals surface area (Å²) in [6.45, 7) is 4.71. The molecule has 0 radical (unpaired) electrons. The van der Waals surface area contributed by atoms with Crippen LogP contribution in [0.4, 0.5) is 0 Å². The number of sulfone groups is 1. The summed E-state index contributed by atoms with van der Waals surface area (Å²) in [5.41, 5.74) is 4.02. The van der Waals surface area contributed by atoms with Crippen molar-refractivity contribution >= 4 is 15.7 Å². The van der Waals surface area contributed by atoms with E-state index in [1.165, 1.54) is 0 Å². The zero-order valence-electron chi connectivity index (χ0n) is 17.3. The van der Waals surface area contributed by atoms with Crippen molar-refractivity contribution in [1.82, 2.24) is 9.88 Å². The molecule has 0 saturated heterocycles. The Bertz CT molecular complexity index is 1090. The number of carbonyl (C=O) groups is 1. The van der Waals surface area contributed by atoms with Crippen LogP contribution in [0.15, 0.2) is 78.0 Å². The van der Waals surface area contributed by atoms with Crippen molar-refractivity contribution in [3.05, 3.63) is 95.3 Å². The first-order valence-corrected chi connectivity index (χ1v) is 11.5. The molecule has 5 nitrogen and oxygen atoms in total. The fourth-order valence-corrected chi connectivity index (χ4v) is 4.41. The van der Waals surface area contributed by atoms with Gasteiger partial charge in [0.15, 0.2) is 9.84 Å². The average Bonchev–Trinajstić information content (AvgIpc) is 2.74. The maximum atomic E-state index is 13.0. The van der Waals surface area contributed by atoms with Crippen molar-refractivity contribution in [3.8, 4) is 0 Å². The summed E-state index contributed by atoms with van der Waals surface area (Å²) in [6.07, 6.45) is 3.34. The Morgan fingerprint density at radius 3 is 2.33 bits per heavy atom. The number of hydrogen-bond donors (Lipinski definition) is 0. The molecule has 30 heavy (non-hydrogen) atoms. The van der Waals surface area contributed by atoms with Gasteiger partial charge in [-0.15, -0.1) is 0 Å². The van der Waals surface area contributed by atoms with Gasteiger partial charge < -0.3 is 4.90 Å². The lowest BCUT2D eigenvalue weighted by Gasteiger charge is -2.24. The summed E-state index contributed by atoms with van der Waals surface area (Å²) in [4.78, 5) is 19.1. The summed E-state index contributed by atoms with van der Waals surface area (Å²) < 4.78 is 25.3. The third-order valence-corrected chi connectivity index (χ3v) is 6.77. The van der Waals surface area contributed by atoms with Crippen LogP contribution in [0.2, 0.25) is 0 Å². The Labute approximate surface area is 178 Å². The highest BCUT2D eigenvalue weighted by molar-refractivity contribution is 7.91. The van der Waals surface area contributed by atoms with Crippen LogP contribution in [0.3, 0.4) is 0 Å². The van der Waals surface area contributed by atoms with Crippen LogP contribution in [0.25, 0.3) is 0 Å². The van der Waals surface area contributed by atoms with Gasteiger partial charge in [-0.3, -0.25) is 9.78 Å². The molecule has 6 heteroatoms. The molecule has 0 fully saturated rings. The summed E-state index contributed by atoms with van der Waals surface area (Å²) in [5, 5.41) is 0. The highest BCUT2D eigenvalue weighted by Gasteiger charge is 2.21. The first-order chi connectivity index (χ1) is 14.3. The molecule has 0 aliphatic heterocycles. The minimum absolute atomic E-state index is 0.0671. The zero-order chi connectivity index (χ0) is 21.6. The van der Waals surface area contributed by atoms with E-state index in [0.717, 1.165) is 22.3 Å². The van der Waals surface area contributed by atoms with Gasteiger partial charge in [-0.05, 0) is 48.7 Å². The van der Waals surface area contributed by atoms with E-state index >= 15 is 0 Å². The number of benzene rings is 2. The van der Waals surface area contributed by atoms with E-state index in [0.29, 0.717) is 13.1 Å². The van der Waals surface area contributed by atoms with Crippen molar-refractivity contribution in [2.45, 2.75) is 38.3 Å². The van der Waals surface area contributed by atoms with Gasteiger partial charge in [0.2, 0.25) is 5.91 Å². The molecule has 3 aromatic rings. The molecule has 3 rings (SSSR count). The Balaban J connectivity index is 1.75.